The van der Waals surface area contributed by atoms with E-state index in [9.17, 15) is 4.79 Å². The van der Waals surface area contributed by atoms with Gasteiger partial charge in [0.2, 0.25) is 0 Å². The Morgan fingerprint density at radius 2 is 1.92 bits per heavy atom. The minimum atomic E-state index is -0.642. The van der Waals surface area contributed by atoms with E-state index in [4.69, 9.17) is 5.11 Å². The average molecular weight is 170 g/mol. The van der Waals surface area contributed by atoms with Gasteiger partial charge in [-0.1, -0.05) is 20.8 Å². The molecule has 0 radical (unpaired) electrons. The Morgan fingerprint density at radius 3 is 2.17 bits per heavy atom. The molecule has 0 aromatic rings. The summed E-state index contributed by atoms with van der Waals surface area (Å²) in [6.45, 7) is 6.53. The van der Waals surface area contributed by atoms with Crippen molar-refractivity contribution in [2.75, 3.05) is 0 Å². The molecule has 0 aliphatic heterocycles. The molecule has 1 N–H and O–H groups in total. The van der Waals surface area contributed by atoms with E-state index in [2.05, 4.69) is 20.8 Å². The number of rotatable bonds is 3. The van der Waals surface area contributed by atoms with Gasteiger partial charge in [0.05, 0.1) is 6.42 Å². The van der Waals surface area contributed by atoms with Gasteiger partial charge in [-0.25, -0.2) is 0 Å². The van der Waals surface area contributed by atoms with Crippen LogP contribution >= 0.6 is 0 Å². The monoisotopic (exact) mass is 170 g/mol. The van der Waals surface area contributed by atoms with Crippen molar-refractivity contribution in [3.63, 3.8) is 0 Å². The van der Waals surface area contributed by atoms with Crippen LogP contribution in [0, 0.1) is 10.8 Å². The first-order valence-corrected chi connectivity index (χ1v) is 4.55. The average Bonchev–Trinajstić information content (AvgIpc) is 2.40. The summed E-state index contributed by atoms with van der Waals surface area (Å²) in [5.41, 5.74) is 0.427. The molecule has 1 fully saturated rings. The molecule has 0 spiro atoms. The molecule has 0 heterocycles. The third-order valence-electron chi connectivity index (χ3n) is 2.39. The quantitative estimate of drug-likeness (QED) is 0.707. The van der Waals surface area contributed by atoms with E-state index in [-0.39, 0.29) is 10.8 Å². The molecule has 0 unspecified atom stereocenters. The number of carboxylic acid groups (broad SMARTS) is 1. The van der Waals surface area contributed by atoms with Gasteiger partial charge in [-0.2, -0.15) is 0 Å². The second-order valence-corrected chi connectivity index (χ2v) is 5.31. The maximum Gasteiger partial charge on any atom is 0.303 e. The minimum absolute atomic E-state index is 0.157. The zero-order valence-electron chi connectivity index (χ0n) is 8.18. The Labute approximate surface area is 74.0 Å². The van der Waals surface area contributed by atoms with Gasteiger partial charge in [-0.15, -0.1) is 0 Å². The fraction of sp³-hybridized carbons (Fsp3) is 0.900. The summed E-state index contributed by atoms with van der Waals surface area (Å²) in [6.07, 6.45) is 3.63. The van der Waals surface area contributed by atoms with Gasteiger partial charge < -0.3 is 5.11 Å². The molecule has 2 heteroatoms. The van der Waals surface area contributed by atoms with Crippen LogP contribution in [0.2, 0.25) is 0 Å². The fourth-order valence-electron chi connectivity index (χ4n) is 2.04. The molecule has 1 saturated carbocycles. The molecular formula is C10H18O2. The van der Waals surface area contributed by atoms with Crippen molar-refractivity contribution in [1.29, 1.82) is 0 Å². The second kappa shape index (κ2) is 2.75. The third kappa shape index (κ3) is 2.84. The standard InChI is InChI=1S/C10H18O2/c1-9(2,3)7-10(4-5-10)6-8(11)12/h4-7H2,1-3H3,(H,11,12). The van der Waals surface area contributed by atoms with Crippen LogP contribution < -0.4 is 0 Å². The van der Waals surface area contributed by atoms with Crippen LogP contribution in [0.15, 0.2) is 0 Å². The van der Waals surface area contributed by atoms with Gasteiger partial charge in [-0.05, 0) is 30.1 Å². The molecule has 2 nitrogen and oxygen atoms in total. The molecule has 0 aromatic carbocycles. The Balaban J connectivity index is 2.45. The lowest BCUT2D eigenvalue weighted by molar-refractivity contribution is -0.138. The van der Waals surface area contributed by atoms with Crippen molar-refractivity contribution in [3.05, 3.63) is 0 Å². The molecule has 1 rings (SSSR count). The number of carbonyl (C=O) groups is 1. The summed E-state index contributed by atoms with van der Waals surface area (Å²) >= 11 is 0. The van der Waals surface area contributed by atoms with Gasteiger partial charge in [0.1, 0.15) is 0 Å². The van der Waals surface area contributed by atoms with E-state index in [1.165, 1.54) is 0 Å². The van der Waals surface area contributed by atoms with Crippen molar-refractivity contribution in [3.8, 4) is 0 Å². The summed E-state index contributed by atoms with van der Waals surface area (Å²) in [6, 6.07) is 0. The van der Waals surface area contributed by atoms with Crippen LogP contribution in [0.5, 0.6) is 0 Å². The SMILES string of the molecule is CC(C)(C)CC1(CC(=O)O)CC1. The van der Waals surface area contributed by atoms with Gasteiger partial charge >= 0.3 is 5.97 Å². The minimum Gasteiger partial charge on any atom is -0.481 e. The van der Waals surface area contributed by atoms with Gasteiger partial charge in [-0.3, -0.25) is 4.79 Å². The molecule has 0 aromatic heterocycles. The molecule has 0 atom stereocenters. The fourth-order valence-corrected chi connectivity index (χ4v) is 2.04. The number of carboxylic acids is 1. The Hall–Kier alpha value is -0.530. The molecule has 0 amide bonds. The normalized spacial score (nSPS) is 20.6. The lowest BCUT2D eigenvalue weighted by Crippen LogP contribution is -2.17. The van der Waals surface area contributed by atoms with E-state index in [1.807, 2.05) is 0 Å². The Kier molecular flexibility index (Phi) is 2.19. The van der Waals surface area contributed by atoms with Crippen molar-refractivity contribution in [1.82, 2.24) is 0 Å². The van der Waals surface area contributed by atoms with Gasteiger partial charge in [0.15, 0.2) is 0 Å². The van der Waals surface area contributed by atoms with Crippen LogP contribution in [-0.2, 0) is 4.79 Å². The van der Waals surface area contributed by atoms with E-state index in [0.29, 0.717) is 6.42 Å². The van der Waals surface area contributed by atoms with Gasteiger partial charge in [0.25, 0.3) is 0 Å². The van der Waals surface area contributed by atoms with Crippen LogP contribution in [0.25, 0.3) is 0 Å². The van der Waals surface area contributed by atoms with Crippen LogP contribution in [-0.4, -0.2) is 11.1 Å². The summed E-state index contributed by atoms with van der Waals surface area (Å²) in [5.74, 6) is -0.642. The van der Waals surface area contributed by atoms with E-state index < -0.39 is 5.97 Å². The number of aliphatic carboxylic acids is 1. The first-order chi connectivity index (χ1) is 5.33. The largest absolute Gasteiger partial charge is 0.481 e. The summed E-state index contributed by atoms with van der Waals surface area (Å²) < 4.78 is 0. The van der Waals surface area contributed by atoms with Crippen molar-refractivity contribution < 1.29 is 9.90 Å². The third-order valence-corrected chi connectivity index (χ3v) is 2.39. The van der Waals surface area contributed by atoms with Crippen LogP contribution in [0.3, 0.4) is 0 Å². The maximum absolute atomic E-state index is 10.5. The molecule has 12 heavy (non-hydrogen) atoms. The van der Waals surface area contributed by atoms with Crippen molar-refractivity contribution >= 4 is 5.97 Å². The van der Waals surface area contributed by atoms with Crippen molar-refractivity contribution in [2.24, 2.45) is 10.8 Å². The summed E-state index contributed by atoms with van der Waals surface area (Å²) in [7, 11) is 0. The lowest BCUT2D eigenvalue weighted by atomic mass is 9.81. The lowest BCUT2D eigenvalue weighted by Gasteiger charge is -2.24. The molecule has 0 bridgehead atoms. The predicted octanol–water partition coefficient (Wildman–Crippen LogP) is 2.68. The highest BCUT2D eigenvalue weighted by Crippen LogP contribution is 2.55. The highest BCUT2D eigenvalue weighted by Gasteiger charge is 2.46. The smallest absolute Gasteiger partial charge is 0.303 e. The van der Waals surface area contributed by atoms with Crippen LogP contribution in [0.4, 0.5) is 0 Å². The zero-order chi connectivity index (χ0) is 9.41. The highest BCUT2D eigenvalue weighted by atomic mass is 16.4. The molecular weight excluding hydrogens is 152 g/mol. The Morgan fingerprint density at radius 1 is 1.42 bits per heavy atom. The second-order valence-electron chi connectivity index (χ2n) is 5.31. The molecule has 1 aliphatic carbocycles. The topological polar surface area (TPSA) is 37.3 Å². The molecule has 0 saturated heterocycles. The van der Waals surface area contributed by atoms with E-state index in [0.717, 1.165) is 19.3 Å². The predicted molar refractivity (Wildman–Crippen MR) is 48.0 cm³/mol. The van der Waals surface area contributed by atoms with Gasteiger partial charge in [0, 0.05) is 0 Å². The Bertz CT molecular complexity index is 185. The molecule has 1 aliphatic rings. The van der Waals surface area contributed by atoms with Crippen molar-refractivity contribution in [2.45, 2.75) is 46.5 Å². The summed E-state index contributed by atoms with van der Waals surface area (Å²) in [4.78, 5) is 10.5. The maximum atomic E-state index is 10.5. The van der Waals surface area contributed by atoms with Crippen LogP contribution in [0.1, 0.15) is 46.5 Å². The number of hydrogen-bond acceptors (Lipinski definition) is 1. The van der Waals surface area contributed by atoms with E-state index in [1.54, 1.807) is 0 Å². The highest BCUT2D eigenvalue weighted by molar-refractivity contribution is 5.68. The number of hydrogen-bond donors (Lipinski definition) is 1. The summed E-state index contributed by atoms with van der Waals surface area (Å²) in [5, 5.41) is 8.69. The van der Waals surface area contributed by atoms with E-state index >= 15 is 0 Å². The zero-order valence-corrected chi connectivity index (χ0v) is 8.18. The molecule has 70 valence electrons. The first-order valence-electron chi connectivity index (χ1n) is 4.55. The first kappa shape index (κ1) is 9.56.